The number of hydrogen-bond donors (Lipinski definition) is 1. The third-order valence-electron chi connectivity index (χ3n) is 4.27. The van der Waals surface area contributed by atoms with Crippen molar-refractivity contribution in [2.75, 3.05) is 6.54 Å². The molecule has 0 saturated heterocycles. The van der Waals surface area contributed by atoms with Gasteiger partial charge in [-0.3, -0.25) is 0 Å². The normalized spacial score (nSPS) is 18.1. The van der Waals surface area contributed by atoms with E-state index in [-0.39, 0.29) is 0 Å². The molecule has 0 radical (unpaired) electrons. The average molecular weight is 271 g/mol. The lowest BCUT2D eigenvalue weighted by atomic mass is 9.67. The molecule has 0 bridgehead atoms. The number of rotatable bonds is 5. The predicted octanol–water partition coefficient (Wildman–Crippen LogP) is 4.38. The van der Waals surface area contributed by atoms with Crippen LogP contribution in [0.15, 0.2) is 24.3 Å². The molecular formula is C15H20F3N. The monoisotopic (exact) mass is 271 g/mol. The van der Waals surface area contributed by atoms with Gasteiger partial charge in [0.25, 0.3) is 0 Å². The Kier molecular flexibility index (Phi) is 4.19. The summed E-state index contributed by atoms with van der Waals surface area (Å²) in [6.07, 6.45) is 0.764. The molecule has 0 amide bonds. The van der Waals surface area contributed by atoms with Crippen LogP contribution in [0.1, 0.15) is 43.7 Å². The van der Waals surface area contributed by atoms with E-state index in [4.69, 9.17) is 0 Å². The van der Waals surface area contributed by atoms with Gasteiger partial charge < -0.3 is 5.32 Å². The van der Waals surface area contributed by atoms with Gasteiger partial charge in [-0.05, 0) is 42.4 Å². The van der Waals surface area contributed by atoms with Crippen molar-refractivity contribution in [3.05, 3.63) is 35.4 Å². The number of halogens is 3. The number of benzene rings is 1. The Bertz CT molecular complexity index is 399. The van der Waals surface area contributed by atoms with Gasteiger partial charge in [-0.15, -0.1) is 0 Å². The third-order valence-corrected chi connectivity index (χ3v) is 4.27. The maximum Gasteiger partial charge on any atom is 0.416 e. The molecule has 1 nitrogen and oxygen atoms in total. The minimum absolute atomic E-state index is 0.436. The molecule has 1 aromatic rings. The molecule has 2 rings (SSSR count). The Balaban J connectivity index is 1.83. The summed E-state index contributed by atoms with van der Waals surface area (Å²) in [4.78, 5) is 0. The van der Waals surface area contributed by atoms with E-state index in [1.54, 1.807) is 12.1 Å². The molecule has 0 aromatic heterocycles. The van der Waals surface area contributed by atoms with E-state index in [9.17, 15) is 13.2 Å². The minimum atomic E-state index is -4.25. The molecule has 1 saturated carbocycles. The molecule has 0 aliphatic heterocycles. The molecule has 1 fully saturated rings. The molecule has 0 unspecified atom stereocenters. The van der Waals surface area contributed by atoms with E-state index in [0.717, 1.165) is 24.2 Å². The Morgan fingerprint density at radius 2 is 1.79 bits per heavy atom. The second-order valence-electron chi connectivity index (χ2n) is 5.51. The fourth-order valence-electron chi connectivity index (χ4n) is 2.62. The van der Waals surface area contributed by atoms with Crippen molar-refractivity contribution in [2.45, 2.75) is 45.3 Å². The van der Waals surface area contributed by atoms with Gasteiger partial charge in [0.05, 0.1) is 5.56 Å². The van der Waals surface area contributed by atoms with Crippen LogP contribution in [0.2, 0.25) is 0 Å². The topological polar surface area (TPSA) is 12.0 Å². The molecule has 0 heterocycles. The standard InChI is InChI=1S/C15H20F3N/c1-2-14(8-3-9-14)11-19-10-12-4-6-13(7-5-12)15(16,17)18/h4-7,19H,2-3,8-11H2,1H3. The Morgan fingerprint density at radius 3 is 2.21 bits per heavy atom. The molecule has 0 atom stereocenters. The van der Waals surface area contributed by atoms with Crippen LogP contribution in [0.3, 0.4) is 0 Å². The van der Waals surface area contributed by atoms with Gasteiger partial charge >= 0.3 is 6.18 Å². The van der Waals surface area contributed by atoms with Crippen molar-refractivity contribution < 1.29 is 13.2 Å². The van der Waals surface area contributed by atoms with Crippen LogP contribution in [-0.4, -0.2) is 6.54 Å². The highest BCUT2D eigenvalue weighted by molar-refractivity contribution is 5.24. The number of nitrogens with one attached hydrogen (secondary N) is 1. The molecule has 106 valence electrons. The zero-order valence-corrected chi connectivity index (χ0v) is 11.2. The largest absolute Gasteiger partial charge is 0.416 e. The fourth-order valence-corrected chi connectivity index (χ4v) is 2.62. The van der Waals surface area contributed by atoms with Crippen LogP contribution in [0, 0.1) is 5.41 Å². The van der Waals surface area contributed by atoms with Gasteiger partial charge in [0, 0.05) is 13.1 Å². The van der Waals surface area contributed by atoms with E-state index in [1.165, 1.54) is 25.7 Å². The van der Waals surface area contributed by atoms with Gasteiger partial charge in [-0.2, -0.15) is 13.2 Å². The summed E-state index contributed by atoms with van der Waals surface area (Å²) in [7, 11) is 0. The average Bonchev–Trinajstić information content (AvgIpc) is 2.32. The first kappa shape index (κ1) is 14.4. The zero-order valence-electron chi connectivity index (χ0n) is 11.2. The predicted molar refractivity (Wildman–Crippen MR) is 69.7 cm³/mol. The van der Waals surface area contributed by atoms with Crippen molar-refractivity contribution in [1.82, 2.24) is 5.32 Å². The van der Waals surface area contributed by atoms with Crippen LogP contribution in [0.25, 0.3) is 0 Å². The highest BCUT2D eigenvalue weighted by Crippen LogP contribution is 2.43. The maximum atomic E-state index is 12.4. The second-order valence-corrected chi connectivity index (χ2v) is 5.51. The van der Waals surface area contributed by atoms with E-state index in [0.29, 0.717) is 12.0 Å². The van der Waals surface area contributed by atoms with Crippen molar-refractivity contribution >= 4 is 0 Å². The molecule has 0 spiro atoms. The lowest BCUT2D eigenvalue weighted by molar-refractivity contribution is -0.137. The molecule has 19 heavy (non-hydrogen) atoms. The third kappa shape index (κ3) is 3.50. The van der Waals surface area contributed by atoms with Crippen LogP contribution < -0.4 is 5.32 Å². The van der Waals surface area contributed by atoms with Gasteiger partial charge in [0.2, 0.25) is 0 Å². The van der Waals surface area contributed by atoms with Crippen LogP contribution in [-0.2, 0) is 12.7 Å². The summed E-state index contributed by atoms with van der Waals surface area (Å²) in [5, 5.41) is 3.37. The summed E-state index contributed by atoms with van der Waals surface area (Å²) in [6.45, 7) is 3.81. The van der Waals surface area contributed by atoms with Crippen LogP contribution in [0.5, 0.6) is 0 Å². The smallest absolute Gasteiger partial charge is 0.312 e. The van der Waals surface area contributed by atoms with Crippen LogP contribution >= 0.6 is 0 Å². The Morgan fingerprint density at radius 1 is 1.16 bits per heavy atom. The SMILES string of the molecule is CCC1(CNCc2ccc(C(F)(F)F)cc2)CCC1. The summed E-state index contributed by atoms with van der Waals surface area (Å²) in [5.41, 5.74) is 0.755. The van der Waals surface area contributed by atoms with Crippen LogP contribution in [0.4, 0.5) is 13.2 Å². The quantitative estimate of drug-likeness (QED) is 0.838. The number of hydrogen-bond acceptors (Lipinski definition) is 1. The summed E-state index contributed by atoms with van der Waals surface area (Å²) in [5.74, 6) is 0. The fraction of sp³-hybridized carbons (Fsp3) is 0.600. The highest BCUT2D eigenvalue weighted by Gasteiger charge is 2.34. The molecular weight excluding hydrogens is 251 g/mol. The first-order valence-corrected chi connectivity index (χ1v) is 6.82. The number of alkyl halides is 3. The molecule has 1 N–H and O–H groups in total. The van der Waals surface area contributed by atoms with Crippen molar-refractivity contribution in [1.29, 1.82) is 0 Å². The van der Waals surface area contributed by atoms with E-state index in [1.807, 2.05) is 0 Å². The zero-order chi connectivity index (χ0) is 13.9. The Hall–Kier alpha value is -1.03. The first-order valence-electron chi connectivity index (χ1n) is 6.82. The lowest BCUT2D eigenvalue weighted by Crippen LogP contribution is -2.39. The van der Waals surface area contributed by atoms with Gasteiger partial charge in [-0.25, -0.2) is 0 Å². The summed E-state index contributed by atoms with van der Waals surface area (Å²) < 4.78 is 37.2. The molecule has 1 aliphatic carbocycles. The molecule has 1 aromatic carbocycles. The summed E-state index contributed by atoms with van der Waals surface area (Å²) in [6, 6.07) is 5.40. The van der Waals surface area contributed by atoms with Gasteiger partial charge in [0.1, 0.15) is 0 Å². The highest BCUT2D eigenvalue weighted by atomic mass is 19.4. The minimum Gasteiger partial charge on any atom is -0.312 e. The second kappa shape index (κ2) is 5.53. The van der Waals surface area contributed by atoms with E-state index < -0.39 is 11.7 Å². The molecule has 4 heteroatoms. The Labute approximate surface area is 112 Å². The van der Waals surface area contributed by atoms with Crippen molar-refractivity contribution in [3.8, 4) is 0 Å². The maximum absolute atomic E-state index is 12.4. The van der Waals surface area contributed by atoms with Gasteiger partial charge in [-0.1, -0.05) is 25.5 Å². The van der Waals surface area contributed by atoms with Crippen molar-refractivity contribution in [3.63, 3.8) is 0 Å². The van der Waals surface area contributed by atoms with E-state index >= 15 is 0 Å². The lowest BCUT2D eigenvalue weighted by Gasteiger charge is -2.41. The summed E-state index contributed by atoms with van der Waals surface area (Å²) >= 11 is 0. The first-order chi connectivity index (χ1) is 8.95. The van der Waals surface area contributed by atoms with Crippen molar-refractivity contribution in [2.24, 2.45) is 5.41 Å². The van der Waals surface area contributed by atoms with Gasteiger partial charge in [0.15, 0.2) is 0 Å². The van der Waals surface area contributed by atoms with E-state index in [2.05, 4.69) is 12.2 Å². The molecule has 1 aliphatic rings.